The van der Waals surface area contributed by atoms with Crippen LogP contribution in [0, 0.1) is 0 Å². The topological polar surface area (TPSA) is 63.5 Å². The number of hydrogen-bond donors (Lipinski definition) is 1. The molecule has 0 aliphatic heterocycles. The Kier molecular flexibility index (Phi) is 2.68. The molecule has 0 aromatic carbocycles. The van der Waals surface area contributed by atoms with Crippen LogP contribution in [-0.4, -0.2) is 27.6 Å². The summed E-state index contributed by atoms with van der Waals surface area (Å²) in [6.07, 6.45) is 5.23. The second kappa shape index (κ2) is 4.14. The number of rotatable bonds is 3. The first-order chi connectivity index (χ1) is 7.66. The lowest BCUT2D eigenvalue weighted by Gasteiger charge is -2.02. The molecule has 16 heavy (non-hydrogen) atoms. The van der Waals surface area contributed by atoms with E-state index in [1.165, 1.54) is 6.92 Å². The molecular weight excluding hydrogens is 206 g/mol. The van der Waals surface area contributed by atoms with Crippen LogP contribution in [0.4, 0.5) is 0 Å². The minimum absolute atomic E-state index is 0.0201. The van der Waals surface area contributed by atoms with Gasteiger partial charge in [0.05, 0.1) is 6.54 Å². The van der Waals surface area contributed by atoms with Gasteiger partial charge in [-0.25, -0.2) is 4.98 Å². The average molecular weight is 217 g/mol. The number of carbonyl (C=O) groups excluding carboxylic acids is 2. The first-order valence-corrected chi connectivity index (χ1v) is 4.87. The fraction of sp³-hybridized carbons (Fsp3) is 0.182. The van der Waals surface area contributed by atoms with Crippen LogP contribution in [0.3, 0.4) is 0 Å². The molecule has 0 aliphatic rings. The first-order valence-electron chi connectivity index (χ1n) is 4.87. The largest absolute Gasteiger partial charge is 0.349 e. The van der Waals surface area contributed by atoms with Gasteiger partial charge in [-0.1, -0.05) is 0 Å². The maximum atomic E-state index is 11.7. The molecule has 2 aromatic rings. The number of fused-ring (bicyclic) bond motifs is 1. The second-order valence-electron chi connectivity index (χ2n) is 3.44. The van der Waals surface area contributed by atoms with Crippen molar-refractivity contribution < 1.29 is 9.59 Å². The fourth-order valence-corrected chi connectivity index (χ4v) is 1.39. The summed E-state index contributed by atoms with van der Waals surface area (Å²) in [5.41, 5.74) is 1.26. The molecule has 2 aromatic heterocycles. The number of hydrogen-bond acceptors (Lipinski definition) is 3. The van der Waals surface area contributed by atoms with Crippen LogP contribution in [0.1, 0.15) is 17.3 Å². The van der Waals surface area contributed by atoms with Crippen LogP contribution in [0.15, 0.2) is 30.7 Å². The average Bonchev–Trinajstić information content (AvgIpc) is 2.72. The third-order valence-corrected chi connectivity index (χ3v) is 2.22. The Morgan fingerprint density at radius 2 is 2.25 bits per heavy atom. The van der Waals surface area contributed by atoms with E-state index in [-0.39, 0.29) is 18.2 Å². The molecule has 0 spiro atoms. The quantitative estimate of drug-likeness (QED) is 0.768. The molecule has 5 nitrogen and oxygen atoms in total. The van der Waals surface area contributed by atoms with E-state index in [2.05, 4.69) is 10.3 Å². The lowest BCUT2D eigenvalue weighted by molar-refractivity contribution is -0.118. The van der Waals surface area contributed by atoms with E-state index < -0.39 is 0 Å². The maximum absolute atomic E-state index is 11.7. The van der Waals surface area contributed by atoms with Crippen LogP contribution in [-0.2, 0) is 4.79 Å². The van der Waals surface area contributed by atoms with Gasteiger partial charge in [0.25, 0.3) is 0 Å². The number of Topliss-reactive ketones (excluding diaryl/α,β-unsaturated/α-hetero) is 1. The van der Waals surface area contributed by atoms with Gasteiger partial charge in [-0.3, -0.25) is 9.59 Å². The zero-order chi connectivity index (χ0) is 11.5. The molecule has 0 saturated heterocycles. The number of carbonyl (C=O) groups is 2. The number of nitrogens with zero attached hydrogens (tertiary/aromatic N) is 2. The number of aromatic nitrogens is 2. The zero-order valence-corrected chi connectivity index (χ0v) is 8.80. The van der Waals surface area contributed by atoms with Gasteiger partial charge in [0.15, 0.2) is 5.78 Å². The highest BCUT2D eigenvalue weighted by Gasteiger charge is 2.07. The highest BCUT2D eigenvalue weighted by atomic mass is 16.2. The monoisotopic (exact) mass is 217 g/mol. The van der Waals surface area contributed by atoms with Crippen LogP contribution >= 0.6 is 0 Å². The molecule has 2 rings (SSSR count). The number of pyridine rings is 1. The van der Waals surface area contributed by atoms with E-state index in [1.54, 1.807) is 30.7 Å². The number of ketones is 1. The highest BCUT2D eigenvalue weighted by Crippen LogP contribution is 2.05. The van der Waals surface area contributed by atoms with E-state index in [9.17, 15) is 9.59 Å². The Bertz CT molecular complexity index is 545. The van der Waals surface area contributed by atoms with Crippen molar-refractivity contribution in [1.29, 1.82) is 0 Å². The summed E-state index contributed by atoms with van der Waals surface area (Å²) in [6, 6.07) is 3.41. The molecule has 1 N–H and O–H groups in total. The predicted octanol–water partition coefficient (Wildman–Crippen LogP) is 0.653. The van der Waals surface area contributed by atoms with Gasteiger partial charge in [0.2, 0.25) is 5.91 Å². The summed E-state index contributed by atoms with van der Waals surface area (Å²) in [5, 5.41) is 2.47. The van der Waals surface area contributed by atoms with Crippen molar-refractivity contribution in [2.75, 3.05) is 6.54 Å². The molecular formula is C11H11N3O2. The molecule has 0 unspecified atom stereocenters. The maximum Gasteiger partial charge on any atom is 0.217 e. The zero-order valence-electron chi connectivity index (χ0n) is 8.80. The fourth-order valence-electron chi connectivity index (χ4n) is 1.39. The second-order valence-corrected chi connectivity index (χ2v) is 3.44. The molecule has 0 fully saturated rings. The van der Waals surface area contributed by atoms with Crippen molar-refractivity contribution in [1.82, 2.24) is 14.7 Å². The summed E-state index contributed by atoms with van der Waals surface area (Å²) in [6.45, 7) is 1.40. The van der Waals surface area contributed by atoms with Gasteiger partial charge in [0, 0.05) is 31.1 Å². The van der Waals surface area contributed by atoms with E-state index in [1.807, 2.05) is 4.40 Å². The van der Waals surface area contributed by atoms with E-state index in [0.29, 0.717) is 11.2 Å². The van der Waals surface area contributed by atoms with Gasteiger partial charge in [-0.15, -0.1) is 0 Å². The number of amides is 1. The highest BCUT2D eigenvalue weighted by molar-refractivity contribution is 5.99. The summed E-state index contributed by atoms with van der Waals surface area (Å²) in [5.74, 6) is -0.337. The Morgan fingerprint density at radius 3 is 3.00 bits per heavy atom. The summed E-state index contributed by atoms with van der Waals surface area (Å²) < 4.78 is 1.81. The van der Waals surface area contributed by atoms with Crippen molar-refractivity contribution in [3.05, 3.63) is 36.3 Å². The molecule has 0 saturated carbocycles. The van der Waals surface area contributed by atoms with Crippen LogP contribution in [0.2, 0.25) is 0 Å². The van der Waals surface area contributed by atoms with Crippen molar-refractivity contribution in [3.8, 4) is 0 Å². The van der Waals surface area contributed by atoms with E-state index in [4.69, 9.17) is 0 Å². The first kappa shape index (κ1) is 10.4. The molecule has 0 bridgehead atoms. The Morgan fingerprint density at radius 1 is 1.44 bits per heavy atom. The van der Waals surface area contributed by atoms with Crippen molar-refractivity contribution in [2.45, 2.75) is 6.92 Å². The minimum atomic E-state index is -0.213. The van der Waals surface area contributed by atoms with E-state index in [0.717, 1.165) is 0 Å². The van der Waals surface area contributed by atoms with Crippen molar-refractivity contribution in [3.63, 3.8) is 0 Å². The van der Waals surface area contributed by atoms with Gasteiger partial charge < -0.3 is 9.72 Å². The minimum Gasteiger partial charge on any atom is -0.349 e. The van der Waals surface area contributed by atoms with E-state index >= 15 is 0 Å². The number of imidazole rings is 1. The van der Waals surface area contributed by atoms with Crippen LogP contribution in [0.5, 0.6) is 0 Å². The predicted molar refractivity (Wildman–Crippen MR) is 58.2 cm³/mol. The lowest BCUT2D eigenvalue weighted by Crippen LogP contribution is -2.27. The molecule has 2 heterocycles. The summed E-state index contributed by atoms with van der Waals surface area (Å²) in [4.78, 5) is 26.4. The smallest absolute Gasteiger partial charge is 0.217 e. The lowest BCUT2D eigenvalue weighted by atomic mass is 10.2. The molecule has 82 valence electrons. The molecule has 1 amide bonds. The van der Waals surface area contributed by atoms with Gasteiger partial charge >= 0.3 is 0 Å². The van der Waals surface area contributed by atoms with Crippen molar-refractivity contribution in [2.24, 2.45) is 0 Å². The Hall–Kier alpha value is -2.17. The molecule has 5 heteroatoms. The third-order valence-electron chi connectivity index (χ3n) is 2.22. The molecule has 0 aliphatic carbocycles. The molecule has 0 atom stereocenters. The van der Waals surface area contributed by atoms with Crippen LogP contribution < -0.4 is 5.32 Å². The van der Waals surface area contributed by atoms with Crippen molar-refractivity contribution >= 4 is 17.3 Å². The Labute approximate surface area is 92.1 Å². The SMILES string of the molecule is CC(=O)NCC(=O)c1ccn2ccnc2c1. The summed E-state index contributed by atoms with van der Waals surface area (Å²) in [7, 11) is 0. The standard InChI is InChI=1S/C11H11N3O2/c1-8(15)13-7-10(16)9-2-4-14-5-3-12-11(14)6-9/h2-6H,7H2,1H3,(H,13,15). The van der Waals surface area contributed by atoms with Gasteiger partial charge in [-0.2, -0.15) is 0 Å². The Balaban J connectivity index is 2.19. The number of nitrogens with one attached hydrogen (secondary N) is 1. The van der Waals surface area contributed by atoms with Crippen LogP contribution in [0.25, 0.3) is 5.65 Å². The third kappa shape index (κ3) is 2.08. The molecule has 0 radical (unpaired) electrons. The summed E-state index contributed by atoms with van der Waals surface area (Å²) >= 11 is 0. The van der Waals surface area contributed by atoms with Gasteiger partial charge in [0.1, 0.15) is 5.65 Å². The normalized spacial score (nSPS) is 10.3. The van der Waals surface area contributed by atoms with Gasteiger partial charge in [-0.05, 0) is 12.1 Å².